The van der Waals surface area contributed by atoms with E-state index in [0.717, 1.165) is 24.2 Å². The fraction of sp³-hybridized carbons (Fsp3) is 0.333. The summed E-state index contributed by atoms with van der Waals surface area (Å²) in [6.45, 7) is 5.63. The van der Waals surface area contributed by atoms with Crippen LogP contribution in [0.3, 0.4) is 0 Å². The molecule has 0 fully saturated rings. The lowest BCUT2D eigenvalue weighted by Gasteiger charge is -2.27. The van der Waals surface area contributed by atoms with Crippen molar-refractivity contribution in [3.63, 3.8) is 0 Å². The lowest BCUT2D eigenvalue weighted by molar-refractivity contribution is -0.118. The van der Waals surface area contributed by atoms with Crippen molar-refractivity contribution < 1.29 is 4.79 Å². The van der Waals surface area contributed by atoms with Crippen LogP contribution in [0.5, 0.6) is 0 Å². The van der Waals surface area contributed by atoms with Gasteiger partial charge in [-0.25, -0.2) is 4.98 Å². The van der Waals surface area contributed by atoms with Gasteiger partial charge in [0.05, 0.1) is 10.0 Å². The summed E-state index contributed by atoms with van der Waals surface area (Å²) in [5.41, 5.74) is 3.17. The summed E-state index contributed by atoms with van der Waals surface area (Å²) in [7, 11) is 2.12. The molecular formula is C27H31Cl2N3O. The largest absolute Gasteiger partial charge is 0.300 e. The number of pyridine rings is 1. The number of benzene rings is 2. The smallest absolute Gasteiger partial charge is 0.228 e. The summed E-state index contributed by atoms with van der Waals surface area (Å²) in [4.78, 5) is 22.0. The highest BCUT2D eigenvalue weighted by Crippen LogP contribution is 2.24. The minimum Gasteiger partial charge on any atom is -0.300 e. The summed E-state index contributed by atoms with van der Waals surface area (Å²) in [5, 5.41) is 1.03. The molecule has 0 spiro atoms. The van der Waals surface area contributed by atoms with Crippen molar-refractivity contribution in [3.05, 3.63) is 93.6 Å². The first-order chi connectivity index (χ1) is 15.8. The van der Waals surface area contributed by atoms with E-state index in [1.165, 1.54) is 5.56 Å². The summed E-state index contributed by atoms with van der Waals surface area (Å²) < 4.78 is 0. The quantitative estimate of drug-likeness (QED) is 0.320. The molecule has 33 heavy (non-hydrogen) atoms. The topological polar surface area (TPSA) is 36.4 Å². The number of anilines is 1. The standard InChI is InChI=1S/C27H31Cl2N3O/c1-20-9-7-12-26(30-20)32(27(33)16-14-22-13-15-24(28)25(29)19-22)18-8-17-31(3)21(2)23-10-5-4-6-11-23/h4-7,9-13,15,19,21H,8,14,16-18H2,1-3H3. The maximum Gasteiger partial charge on any atom is 0.228 e. The van der Waals surface area contributed by atoms with E-state index in [0.29, 0.717) is 41.3 Å². The molecule has 0 saturated heterocycles. The Morgan fingerprint density at radius 2 is 1.73 bits per heavy atom. The molecule has 0 N–H and O–H groups in total. The van der Waals surface area contributed by atoms with Crippen molar-refractivity contribution >= 4 is 34.9 Å². The lowest BCUT2D eigenvalue weighted by Crippen LogP contribution is -2.35. The Morgan fingerprint density at radius 1 is 0.970 bits per heavy atom. The minimum atomic E-state index is 0.0536. The Morgan fingerprint density at radius 3 is 2.42 bits per heavy atom. The molecule has 1 aromatic heterocycles. The van der Waals surface area contributed by atoms with E-state index < -0.39 is 0 Å². The van der Waals surface area contributed by atoms with Crippen LogP contribution in [-0.2, 0) is 11.2 Å². The monoisotopic (exact) mass is 483 g/mol. The summed E-state index contributed by atoms with van der Waals surface area (Å²) in [5.74, 6) is 0.755. The van der Waals surface area contributed by atoms with E-state index >= 15 is 0 Å². The third kappa shape index (κ3) is 7.29. The van der Waals surface area contributed by atoms with Crippen molar-refractivity contribution in [2.45, 2.75) is 39.2 Å². The number of aryl methyl sites for hydroxylation is 2. The Kier molecular flexibility index (Phi) is 9.30. The zero-order valence-corrected chi connectivity index (χ0v) is 21.0. The first kappa shape index (κ1) is 25.2. The van der Waals surface area contributed by atoms with Crippen LogP contribution in [0, 0.1) is 6.92 Å². The fourth-order valence-corrected chi connectivity index (χ4v) is 4.11. The Bertz CT molecular complexity index is 1060. The Balaban J connectivity index is 1.64. The number of carbonyl (C=O) groups is 1. The minimum absolute atomic E-state index is 0.0536. The molecule has 0 saturated carbocycles. The summed E-state index contributed by atoms with van der Waals surface area (Å²) >= 11 is 12.1. The number of halogens is 2. The van der Waals surface area contributed by atoms with Crippen LogP contribution < -0.4 is 4.90 Å². The molecule has 4 nitrogen and oxygen atoms in total. The lowest BCUT2D eigenvalue weighted by atomic mass is 10.1. The molecule has 3 aromatic rings. The van der Waals surface area contributed by atoms with E-state index in [1.54, 1.807) is 6.07 Å². The first-order valence-corrected chi connectivity index (χ1v) is 12.0. The Labute approximate surface area is 207 Å². The van der Waals surface area contributed by atoms with Gasteiger partial charge in [-0.15, -0.1) is 0 Å². The molecule has 3 rings (SSSR count). The molecular weight excluding hydrogens is 453 g/mol. The van der Waals surface area contributed by atoms with Gasteiger partial charge in [0.15, 0.2) is 0 Å². The molecule has 0 radical (unpaired) electrons. The van der Waals surface area contributed by atoms with Crippen molar-refractivity contribution in [2.24, 2.45) is 0 Å². The van der Waals surface area contributed by atoms with Gasteiger partial charge in [0.2, 0.25) is 5.91 Å². The van der Waals surface area contributed by atoms with Crippen molar-refractivity contribution in [3.8, 4) is 0 Å². The number of carbonyl (C=O) groups excluding carboxylic acids is 1. The van der Waals surface area contributed by atoms with Gasteiger partial charge >= 0.3 is 0 Å². The molecule has 0 bridgehead atoms. The van der Waals surface area contributed by atoms with Crippen LogP contribution in [0.25, 0.3) is 0 Å². The second-order valence-corrected chi connectivity index (χ2v) is 9.17. The number of nitrogens with zero attached hydrogens (tertiary/aromatic N) is 3. The van der Waals surface area contributed by atoms with Crippen LogP contribution in [0.15, 0.2) is 66.7 Å². The average Bonchev–Trinajstić information content (AvgIpc) is 2.82. The van der Waals surface area contributed by atoms with Gasteiger partial charge < -0.3 is 0 Å². The second kappa shape index (κ2) is 12.2. The molecule has 0 aliphatic carbocycles. The fourth-order valence-electron chi connectivity index (χ4n) is 3.79. The predicted molar refractivity (Wildman–Crippen MR) is 138 cm³/mol. The van der Waals surface area contributed by atoms with Gasteiger partial charge in [0, 0.05) is 31.2 Å². The molecule has 0 aliphatic heterocycles. The van der Waals surface area contributed by atoms with Gasteiger partial charge in [0.25, 0.3) is 0 Å². The predicted octanol–water partition coefficient (Wildman–Crippen LogP) is 6.75. The normalized spacial score (nSPS) is 12.1. The molecule has 1 amide bonds. The van der Waals surface area contributed by atoms with Gasteiger partial charge in [-0.3, -0.25) is 14.6 Å². The van der Waals surface area contributed by atoms with E-state index in [-0.39, 0.29) is 5.91 Å². The molecule has 1 heterocycles. The van der Waals surface area contributed by atoms with Crippen molar-refractivity contribution in [1.29, 1.82) is 0 Å². The van der Waals surface area contributed by atoms with Gasteiger partial charge in [-0.1, -0.05) is 65.7 Å². The van der Waals surface area contributed by atoms with E-state index in [9.17, 15) is 4.79 Å². The van der Waals surface area contributed by atoms with Gasteiger partial charge in [-0.2, -0.15) is 0 Å². The van der Waals surface area contributed by atoms with Crippen molar-refractivity contribution in [1.82, 2.24) is 9.88 Å². The second-order valence-electron chi connectivity index (χ2n) is 8.35. The Hall–Kier alpha value is -2.40. The third-order valence-electron chi connectivity index (χ3n) is 5.90. The van der Waals surface area contributed by atoms with Crippen LogP contribution in [0.2, 0.25) is 10.0 Å². The number of amides is 1. The van der Waals surface area contributed by atoms with E-state index in [4.69, 9.17) is 23.2 Å². The van der Waals surface area contributed by atoms with Gasteiger partial charge in [0.1, 0.15) is 5.82 Å². The van der Waals surface area contributed by atoms with Crippen LogP contribution in [-0.4, -0.2) is 35.9 Å². The van der Waals surface area contributed by atoms with E-state index in [1.807, 2.05) is 48.2 Å². The molecule has 174 valence electrons. The first-order valence-electron chi connectivity index (χ1n) is 11.3. The molecule has 2 aromatic carbocycles. The zero-order valence-electron chi connectivity index (χ0n) is 19.5. The number of aromatic nitrogens is 1. The van der Waals surface area contributed by atoms with Gasteiger partial charge in [-0.05, 0) is 69.1 Å². The molecule has 1 atom stereocenters. The highest BCUT2D eigenvalue weighted by molar-refractivity contribution is 6.42. The van der Waals surface area contributed by atoms with Crippen LogP contribution in [0.1, 0.15) is 42.6 Å². The van der Waals surface area contributed by atoms with Crippen LogP contribution >= 0.6 is 23.2 Å². The zero-order chi connectivity index (χ0) is 23.8. The van der Waals surface area contributed by atoms with Crippen LogP contribution in [0.4, 0.5) is 5.82 Å². The maximum atomic E-state index is 13.2. The molecule has 6 heteroatoms. The number of hydrogen-bond acceptors (Lipinski definition) is 3. The average molecular weight is 484 g/mol. The summed E-state index contributed by atoms with van der Waals surface area (Å²) in [6, 6.07) is 22.1. The highest BCUT2D eigenvalue weighted by atomic mass is 35.5. The molecule has 0 aliphatic rings. The molecule has 1 unspecified atom stereocenters. The highest BCUT2D eigenvalue weighted by Gasteiger charge is 2.18. The van der Waals surface area contributed by atoms with E-state index in [2.05, 4.69) is 48.1 Å². The SMILES string of the molecule is Cc1cccc(N(CCCN(C)C(C)c2ccccc2)C(=O)CCc2ccc(Cl)c(Cl)c2)n1. The number of hydrogen-bond donors (Lipinski definition) is 0. The third-order valence-corrected chi connectivity index (χ3v) is 6.64. The maximum absolute atomic E-state index is 13.2. The number of rotatable bonds is 10. The van der Waals surface area contributed by atoms with Crippen molar-refractivity contribution in [2.75, 3.05) is 25.0 Å². The summed E-state index contributed by atoms with van der Waals surface area (Å²) in [6.07, 6.45) is 1.83.